The van der Waals surface area contributed by atoms with E-state index in [1.165, 1.54) is 4.90 Å². The third kappa shape index (κ3) is 3.78. The van der Waals surface area contributed by atoms with Crippen molar-refractivity contribution in [1.82, 2.24) is 4.90 Å². The highest BCUT2D eigenvalue weighted by molar-refractivity contribution is 6.42. The third-order valence-electron chi connectivity index (χ3n) is 3.58. The number of rotatable bonds is 3. The fourth-order valence-electron chi connectivity index (χ4n) is 2.50. The predicted molar refractivity (Wildman–Crippen MR) is 81.5 cm³/mol. The number of likely N-dealkylation sites (N-methyl/N-ethyl adjacent to an activating group) is 1. The molecule has 2 N–H and O–H groups in total. The van der Waals surface area contributed by atoms with E-state index in [9.17, 15) is 9.90 Å². The minimum absolute atomic E-state index is 0.274. The van der Waals surface area contributed by atoms with Crippen LogP contribution in [-0.2, 0) is 0 Å². The summed E-state index contributed by atoms with van der Waals surface area (Å²) in [5.41, 5.74) is -0.168. The van der Waals surface area contributed by atoms with Crippen molar-refractivity contribution in [3.8, 4) is 0 Å². The molecule has 0 atom stereocenters. The van der Waals surface area contributed by atoms with Crippen LogP contribution in [0.25, 0.3) is 0 Å². The van der Waals surface area contributed by atoms with Gasteiger partial charge in [-0.2, -0.15) is 0 Å². The summed E-state index contributed by atoms with van der Waals surface area (Å²) in [6.07, 6.45) is 3.52. The van der Waals surface area contributed by atoms with Gasteiger partial charge in [0, 0.05) is 12.7 Å². The average molecular weight is 317 g/mol. The van der Waals surface area contributed by atoms with E-state index in [0.717, 1.165) is 25.7 Å². The summed E-state index contributed by atoms with van der Waals surface area (Å²) in [6.45, 7) is 0.333. The summed E-state index contributed by atoms with van der Waals surface area (Å²) in [4.78, 5) is 13.6. The first-order chi connectivity index (χ1) is 9.39. The van der Waals surface area contributed by atoms with Gasteiger partial charge in [0.1, 0.15) is 0 Å². The fraction of sp³-hybridized carbons (Fsp3) is 0.500. The van der Waals surface area contributed by atoms with Gasteiger partial charge in [-0.3, -0.25) is 0 Å². The van der Waals surface area contributed by atoms with Crippen molar-refractivity contribution in [2.24, 2.45) is 0 Å². The molecule has 0 aromatic heterocycles. The summed E-state index contributed by atoms with van der Waals surface area (Å²) in [6, 6.07) is 4.64. The van der Waals surface area contributed by atoms with Crippen molar-refractivity contribution in [3.63, 3.8) is 0 Å². The van der Waals surface area contributed by atoms with E-state index >= 15 is 0 Å². The van der Waals surface area contributed by atoms with Crippen molar-refractivity contribution >= 4 is 34.9 Å². The summed E-state index contributed by atoms with van der Waals surface area (Å²) in [5, 5.41) is 13.9. The number of carbonyl (C=O) groups excluding carboxylic acids is 1. The van der Waals surface area contributed by atoms with Crippen LogP contribution >= 0.6 is 23.2 Å². The van der Waals surface area contributed by atoms with Gasteiger partial charge in [-0.1, -0.05) is 36.0 Å². The molecule has 4 nitrogen and oxygen atoms in total. The second-order valence-corrected chi connectivity index (χ2v) is 6.16. The van der Waals surface area contributed by atoms with E-state index in [4.69, 9.17) is 23.2 Å². The van der Waals surface area contributed by atoms with Gasteiger partial charge >= 0.3 is 6.03 Å². The second-order valence-electron chi connectivity index (χ2n) is 5.35. The highest BCUT2D eigenvalue weighted by Crippen LogP contribution is 2.30. The largest absolute Gasteiger partial charge is 0.388 e. The van der Waals surface area contributed by atoms with Gasteiger partial charge in [-0.15, -0.1) is 0 Å². The van der Waals surface area contributed by atoms with Crippen LogP contribution in [0, 0.1) is 0 Å². The molecule has 6 heteroatoms. The maximum absolute atomic E-state index is 12.1. The monoisotopic (exact) mass is 316 g/mol. The van der Waals surface area contributed by atoms with Crippen LogP contribution < -0.4 is 5.32 Å². The van der Waals surface area contributed by atoms with Crippen LogP contribution in [-0.4, -0.2) is 35.2 Å². The summed E-state index contributed by atoms with van der Waals surface area (Å²) in [7, 11) is 1.67. The number of urea groups is 1. The topological polar surface area (TPSA) is 52.6 Å². The first-order valence-electron chi connectivity index (χ1n) is 6.59. The first-order valence-corrected chi connectivity index (χ1v) is 7.35. The van der Waals surface area contributed by atoms with Crippen molar-refractivity contribution in [3.05, 3.63) is 28.2 Å². The molecule has 1 saturated carbocycles. The quantitative estimate of drug-likeness (QED) is 0.892. The van der Waals surface area contributed by atoms with Crippen LogP contribution in [0.15, 0.2) is 18.2 Å². The van der Waals surface area contributed by atoms with E-state index in [-0.39, 0.29) is 6.03 Å². The SMILES string of the molecule is CN(CC1(O)CCCC1)C(=O)Nc1ccc(Cl)c(Cl)c1. The van der Waals surface area contributed by atoms with E-state index in [0.29, 0.717) is 22.3 Å². The molecule has 0 radical (unpaired) electrons. The fourth-order valence-corrected chi connectivity index (χ4v) is 2.80. The Hall–Kier alpha value is -0.970. The molecule has 2 rings (SSSR count). The molecule has 0 aliphatic heterocycles. The smallest absolute Gasteiger partial charge is 0.321 e. The molecule has 1 aromatic carbocycles. The lowest BCUT2D eigenvalue weighted by Gasteiger charge is -2.28. The first kappa shape index (κ1) is 15.4. The molecule has 0 unspecified atom stereocenters. The molecule has 0 spiro atoms. The van der Waals surface area contributed by atoms with Crippen LogP contribution in [0.2, 0.25) is 10.0 Å². The molecule has 1 aromatic rings. The lowest BCUT2D eigenvalue weighted by Crippen LogP contribution is -2.43. The van der Waals surface area contributed by atoms with Gasteiger partial charge in [-0.05, 0) is 31.0 Å². The van der Waals surface area contributed by atoms with Crippen molar-refractivity contribution < 1.29 is 9.90 Å². The number of carbonyl (C=O) groups is 1. The lowest BCUT2D eigenvalue weighted by atomic mass is 10.0. The Labute approximate surface area is 128 Å². The molecule has 1 aliphatic carbocycles. The van der Waals surface area contributed by atoms with Gasteiger partial charge in [0.15, 0.2) is 0 Å². The normalized spacial score (nSPS) is 17.0. The summed E-state index contributed by atoms with van der Waals surface area (Å²) < 4.78 is 0. The van der Waals surface area contributed by atoms with E-state index in [1.807, 2.05) is 0 Å². The third-order valence-corrected chi connectivity index (χ3v) is 4.32. The highest BCUT2D eigenvalue weighted by Gasteiger charge is 2.33. The number of nitrogens with zero attached hydrogens (tertiary/aromatic N) is 1. The van der Waals surface area contributed by atoms with Gasteiger partial charge in [0.2, 0.25) is 0 Å². The predicted octanol–water partition coefficient (Wildman–Crippen LogP) is 3.76. The van der Waals surface area contributed by atoms with Crippen molar-refractivity contribution in [1.29, 1.82) is 0 Å². The number of amides is 2. The zero-order valence-electron chi connectivity index (χ0n) is 11.3. The molecule has 110 valence electrons. The Morgan fingerprint density at radius 2 is 2.00 bits per heavy atom. The van der Waals surface area contributed by atoms with Crippen molar-refractivity contribution in [2.75, 3.05) is 18.9 Å². The Kier molecular flexibility index (Phi) is 4.78. The second kappa shape index (κ2) is 6.20. The van der Waals surface area contributed by atoms with Crippen LogP contribution in [0.1, 0.15) is 25.7 Å². The zero-order chi connectivity index (χ0) is 14.8. The van der Waals surface area contributed by atoms with E-state index < -0.39 is 5.60 Å². The lowest BCUT2D eigenvalue weighted by molar-refractivity contribution is 0.0262. The van der Waals surface area contributed by atoms with Gasteiger partial charge in [-0.25, -0.2) is 4.79 Å². The number of nitrogens with one attached hydrogen (secondary N) is 1. The Morgan fingerprint density at radius 3 is 2.60 bits per heavy atom. The van der Waals surface area contributed by atoms with Crippen LogP contribution in [0.4, 0.5) is 10.5 Å². The Balaban J connectivity index is 1.95. The molecule has 0 heterocycles. The van der Waals surface area contributed by atoms with Gasteiger partial charge < -0.3 is 15.3 Å². The van der Waals surface area contributed by atoms with Crippen molar-refractivity contribution in [2.45, 2.75) is 31.3 Å². The number of hydrogen-bond donors (Lipinski definition) is 2. The minimum Gasteiger partial charge on any atom is -0.388 e. The maximum Gasteiger partial charge on any atom is 0.321 e. The van der Waals surface area contributed by atoms with Gasteiger partial charge in [0.25, 0.3) is 0 Å². The van der Waals surface area contributed by atoms with Gasteiger partial charge in [0.05, 0.1) is 22.2 Å². The zero-order valence-corrected chi connectivity index (χ0v) is 12.8. The number of anilines is 1. The molecule has 20 heavy (non-hydrogen) atoms. The van der Waals surface area contributed by atoms with Crippen LogP contribution in [0.5, 0.6) is 0 Å². The molecule has 1 fully saturated rings. The molecule has 0 bridgehead atoms. The molecular formula is C14H18Cl2N2O2. The number of halogens is 2. The van der Waals surface area contributed by atoms with E-state index in [2.05, 4.69) is 5.32 Å². The molecule has 2 amide bonds. The number of hydrogen-bond acceptors (Lipinski definition) is 2. The summed E-state index contributed by atoms with van der Waals surface area (Å²) >= 11 is 11.7. The molecular weight excluding hydrogens is 299 g/mol. The summed E-state index contributed by atoms with van der Waals surface area (Å²) in [5.74, 6) is 0. The maximum atomic E-state index is 12.1. The number of benzene rings is 1. The molecule has 1 aliphatic rings. The average Bonchev–Trinajstić information content (AvgIpc) is 2.80. The Morgan fingerprint density at radius 1 is 1.35 bits per heavy atom. The highest BCUT2D eigenvalue weighted by atomic mass is 35.5. The Bertz CT molecular complexity index is 502. The van der Waals surface area contributed by atoms with E-state index in [1.54, 1.807) is 25.2 Å². The minimum atomic E-state index is -0.746. The van der Waals surface area contributed by atoms with Crippen LogP contribution in [0.3, 0.4) is 0 Å². The number of aliphatic hydroxyl groups is 1. The molecule has 0 saturated heterocycles. The standard InChI is InChI=1S/C14H18Cl2N2O2/c1-18(9-14(20)6-2-3-7-14)13(19)17-10-4-5-11(15)12(16)8-10/h4-5,8,20H,2-3,6-7,9H2,1H3,(H,17,19).